The summed E-state index contributed by atoms with van der Waals surface area (Å²) in [4.78, 5) is 4.66. The molecule has 2 heterocycles. The van der Waals surface area contributed by atoms with Crippen molar-refractivity contribution in [2.75, 3.05) is 11.9 Å². The summed E-state index contributed by atoms with van der Waals surface area (Å²) in [6.07, 6.45) is 1.80. The summed E-state index contributed by atoms with van der Waals surface area (Å²) in [7, 11) is 2.04. The van der Waals surface area contributed by atoms with Crippen molar-refractivity contribution in [3.8, 4) is 0 Å². The summed E-state index contributed by atoms with van der Waals surface area (Å²) in [5, 5.41) is 13.5. The predicted octanol–water partition coefficient (Wildman–Crippen LogP) is 2.84. The molecule has 20 heavy (non-hydrogen) atoms. The molecule has 3 aromatic rings. The van der Waals surface area contributed by atoms with Gasteiger partial charge in [-0.3, -0.25) is 0 Å². The molecular weight excluding hydrogens is 270 g/mol. The van der Waals surface area contributed by atoms with Crippen LogP contribution in [0.25, 0.3) is 11.0 Å². The third-order valence-corrected chi connectivity index (χ3v) is 4.06. The first-order valence-electron chi connectivity index (χ1n) is 6.74. The van der Waals surface area contributed by atoms with Gasteiger partial charge in [-0.1, -0.05) is 30.4 Å². The molecule has 104 valence electrons. The summed E-state index contributed by atoms with van der Waals surface area (Å²) < 4.78 is 2.12. The fraction of sp³-hybridized carbons (Fsp3) is 0.357. The van der Waals surface area contributed by atoms with Crippen LogP contribution in [0.2, 0.25) is 0 Å². The number of nitrogens with one attached hydrogen (secondary N) is 1. The van der Waals surface area contributed by atoms with E-state index in [0.717, 1.165) is 46.4 Å². The van der Waals surface area contributed by atoms with Crippen LogP contribution in [-0.2, 0) is 13.5 Å². The fourth-order valence-corrected chi connectivity index (χ4v) is 2.88. The lowest BCUT2D eigenvalue weighted by Gasteiger charge is -1.99. The Morgan fingerprint density at radius 1 is 1.25 bits per heavy atom. The van der Waals surface area contributed by atoms with Gasteiger partial charge in [0.25, 0.3) is 0 Å². The van der Waals surface area contributed by atoms with Gasteiger partial charge in [0, 0.05) is 13.6 Å². The van der Waals surface area contributed by atoms with Crippen molar-refractivity contribution >= 4 is 27.5 Å². The van der Waals surface area contributed by atoms with Gasteiger partial charge in [0.2, 0.25) is 5.13 Å². The van der Waals surface area contributed by atoms with Gasteiger partial charge in [-0.05, 0) is 18.6 Å². The quantitative estimate of drug-likeness (QED) is 0.784. The second kappa shape index (κ2) is 5.58. The second-order valence-corrected chi connectivity index (χ2v) is 5.74. The normalized spacial score (nSPS) is 11.1. The molecule has 0 spiro atoms. The summed E-state index contributed by atoms with van der Waals surface area (Å²) in [6, 6.07) is 8.16. The Balaban J connectivity index is 1.82. The monoisotopic (exact) mass is 287 g/mol. The Morgan fingerprint density at radius 2 is 2.10 bits per heavy atom. The molecule has 0 unspecified atom stereocenters. The summed E-state index contributed by atoms with van der Waals surface area (Å²) >= 11 is 1.60. The molecule has 0 aliphatic rings. The van der Waals surface area contributed by atoms with Gasteiger partial charge >= 0.3 is 0 Å². The largest absolute Gasteiger partial charge is 0.360 e. The van der Waals surface area contributed by atoms with Crippen LogP contribution in [0, 0.1) is 0 Å². The van der Waals surface area contributed by atoms with Crippen LogP contribution in [0.4, 0.5) is 5.13 Å². The predicted molar refractivity (Wildman–Crippen MR) is 82.2 cm³/mol. The number of fused-ring (bicyclic) bond motifs is 1. The highest BCUT2D eigenvalue weighted by Crippen LogP contribution is 2.20. The molecule has 0 atom stereocenters. The third kappa shape index (κ3) is 2.51. The van der Waals surface area contributed by atoms with Crippen LogP contribution < -0.4 is 5.32 Å². The Labute approximate surface area is 121 Å². The lowest BCUT2D eigenvalue weighted by Crippen LogP contribution is -1.98. The maximum absolute atomic E-state index is 4.66. The molecule has 6 heteroatoms. The van der Waals surface area contributed by atoms with Crippen LogP contribution in [-0.4, -0.2) is 26.3 Å². The van der Waals surface area contributed by atoms with E-state index in [1.165, 1.54) is 0 Å². The van der Waals surface area contributed by atoms with Gasteiger partial charge in [-0.2, -0.15) is 0 Å². The van der Waals surface area contributed by atoms with E-state index in [2.05, 4.69) is 38.1 Å². The maximum Gasteiger partial charge on any atom is 0.205 e. The van der Waals surface area contributed by atoms with Gasteiger partial charge in [-0.25, -0.2) is 4.98 Å². The van der Waals surface area contributed by atoms with Crippen molar-refractivity contribution in [3.63, 3.8) is 0 Å². The molecular formula is C14H17N5S. The van der Waals surface area contributed by atoms with Gasteiger partial charge < -0.3 is 9.88 Å². The van der Waals surface area contributed by atoms with Crippen LogP contribution >= 0.6 is 11.3 Å². The average molecular weight is 287 g/mol. The molecule has 1 N–H and O–H groups in total. The lowest BCUT2D eigenvalue weighted by molar-refractivity contribution is 0.832. The minimum Gasteiger partial charge on any atom is -0.360 e. The van der Waals surface area contributed by atoms with E-state index in [9.17, 15) is 0 Å². The molecule has 0 aliphatic heterocycles. The Bertz CT molecular complexity index is 715. The Kier molecular flexibility index (Phi) is 3.64. The van der Waals surface area contributed by atoms with E-state index in [1.807, 2.05) is 25.2 Å². The van der Waals surface area contributed by atoms with Crippen LogP contribution in [0.3, 0.4) is 0 Å². The number of hydrogen-bond acceptors (Lipinski definition) is 5. The van der Waals surface area contributed by atoms with E-state index in [1.54, 1.807) is 11.3 Å². The molecule has 5 nitrogen and oxygen atoms in total. The first-order chi connectivity index (χ1) is 9.78. The number of aryl methyl sites for hydroxylation is 1. The van der Waals surface area contributed by atoms with Crippen molar-refractivity contribution in [1.82, 2.24) is 19.7 Å². The highest BCUT2D eigenvalue weighted by atomic mass is 32.1. The molecule has 0 saturated heterocycles. The summed E-state index contributed by atoms with van der Waals surface area (Å²) in [5.74, 6) is 1.02. The Morgan fingerprint density at radius 3 is 2.90 bits per heavy atom. The van der Waals surface area contributed by atoms with Crippen molar-refractivity contribution in [2.24, 2.45) is 7.05 Å². The van der Waals surface area contributed by atoms with E-state index in [4.69, 9.17) is 0 Å². The lowest BCUT2D eigenvalue weighted by atomic mass is 10.3. The SMILES string of the molecule is CCCNc1nnc(Cc2nc3ccccc3n2C)s1. The second-order valence-electron chi connectivity index (χ2n) is 4.68. The first kappa shape index (κ1) is 13.1. The number of hydrogen-bond donors (Lipinski definition) is 1. The topological polar surface area (TPSA) is 55.6 Å². The summed E-state index contributed by atoms with van der Waals surface area (Å²) in [5.41, 5.74) is 2.18. The van der Waals surface area contributed by atoms with Crippen LogP contribution in [0.15, 0.2) is 24.3 Å². The highest BCUT2D eigenvalue weighted by molar-refractivity contribution is 7.15. The standard InChI is InChI=1S/C14H17N5S/c1-3-8-15-14-18-17-13(20-14)9-12-16-10-6-4-5-7-11(10)19(12)2/h4-7H,3,8-9H2,1-2H3,(H,15,18). The molecule has 1 aromatic carbocycles. The van der Waals surface area contributed by atoms with Gasteiger partial charge in [0.05, 0.1) is 17.5 Å². The molecule has 0 fully saturated rings. The fourth-order valence-electron chi connectivity index (χ4n) is 2.12. The van der Waals surface area contributed by atoms with E-state index >= 15 is 0 Å². The maximum atomic E-state index is 4.66. The zero-order valence-corrected chi connectivity index (χ0v) is 12.4. The smallest absolute Gasteiger partial charge is 0.205 e. The highest BCUT2D eigenvalue weighted by Gasteiger charge is 2.11. The van der Waals surface area contributed by atoms with Crippen molar-refractivity contribution in [2.45, 2.75) is 19.8 Å². The minimum atomic E-state index is 0.719. The number of para-hydroxylation sites is 2. The van der Waals surface area contributed by atoms with E-state index < -0.39 is 0 Å². The zero-order chi connectivity index (χ0) is 13.9. The van der Waals surface area contributed by atoms with Crippen molar-refractivity contribution in [1.29, 1.82) is 0 Å². The van der Waals surface area contributed by atoms with Gasteiger partial charge in [-0.15, -0.1) is 10.2 Å². The number of anilines is 1. The number of imidazole rings is 1. The number of benzene rings is 1. The number of rotatable bonds is 5. The average Bonchev–Trinajstić information content (AvgIpc) is 3.03. The minimum absolute atomic E-state index is 0.719. The van der Waals surface area contributed by atoms with Crippen molar-refractivity contribution < 1.29 is 0 Å². The first-order valence-corrected chi connectivity index (χ1v) is 7.56. The van der Waals surface area contributed by atoms with E-state index in [-0.39, 0.29) is 0 Å². The number of aromatic nitrogens is 4. The molecule has 3 rings (SSSR count). The van der Waals surface area contributed by atoms with Gasteiger partial charge in [0.1, 0.15) is 10.8 Å². The van der Waals surface area contributed by atoms with Crippen molar-refractivity contribution in [3.05, 3.63) is 35.1 Å². The summed E-state index contributed by atoms with van der Waals surface area (Å²) in [6.45, 7) is 3.06. The van der Waals surface area contributed by atoms with Crippen LogP contribution in [0.1, 0.15) is 24.2 Å². The molecule has 2 aromatic heterocycles. The molecule has 0 radical (unpaired) electrons. The van der Waals surface area contributed by atoms with E-state index in [0.29, 0.717) is 0 Å². The number of nitrogens with zero attached hydrogens (tertiary/aromatic N) is 4. The molecule has 0 amide bonds. The molecule has 0 aliphatic carbocycles. The zero-order valence-electron chi connectivity index (χ0n) is 11.6. The third-order valence-electron chi connectivity index (χ3n) is 3.18. The Hall–Kier alpha value is -1.95. The molecule has 0 saturated carbocycles. The van der Waals surface area contributed by atoms with Gasteiger partial charge in [0.15, 0.2) is 0 Å². The molecule has 0 bridgehead atoms. The van der Waals surface area contributed by atoms with Crippen LogP contribution in [0.5, 0.6) is 0 Å².